The predicted octanol–water partition coefficient (Wildman–Crippen LogP) is 2.82. The smallest absolute Gasteiger partial charge is 0.337 e. The van der Waals surface area contributed by atoms with Gasteiger partial charge in [0.1, 0.15) is 5.82 Å². The van der Waals surface area contributed by atoms with E-state index in [9.17, 15) is 14.0 Å². The van der Waals surface area contributed by atoms with E-state index in [1.165, 1.54) is 24.4 Å². The van der Waals surface area contributed by atoms with Crippen molar-refractivity contribution in [3.8, 4) is 0 Å². The zero-order chi connectivity index (χ0) is 14.7. The van der Waals surface area contributed by atoms with Gasteiger partial charge in [-0.25, -0.2) is 9.18 Å². The average molecular weight is 295 g/mol. The number of pyridine rings is 1. The maximum Gasteiger partial charge on any atom is 0.337 e. The Morgan fingerprint density at radius 2 is 2.00 bits per heavy atom. The van der Waals surface area contributed by atoms with Crippen LogP contribution in [0.1, 0.15) is 20.7 Å². The largest absolute Gasteiger partial charge is 0.478 e. The molecule has 0 fully saturated rings. The molecule has 0 radical (unpaired) electrons. The molecule has 102 valence electrons. The summed E-state index contributed by atoms with van der Waals surface area (Å²) in [5.41, 5.74) is -0.126. The number of anilines is 1. The van der Waals surface area contributed by atoms with Gasteiger partial charge >= 0.3 is 5.97 Å². The molecule has 0 saturated carbocycles. The Morgan fingerprint density at radius 1 is 1.25 bits per heavy atom. The van der Waals surface area contributed by atoms with E-state index in [0.717, 1.165) is 12.3 Å². The lowest BCUT2D eigenvalue weighted by atomic mass is 10.2. The van der Waals surface area contributed by atoms with Gasteiger partial charge in [-0.1, -0.05) is 11.6 Å². The van der Waals surface area contributed by atoms with Crippen molar-refractivity contribution in [2.75, 3.05) is 5.32 Å². The number of hydrogen-bond acceptors (Lipinski definition) is 3. The monoisotopic (exact) mass is 294 g/mol. The highest BCUT2D eigenvalue weighted by atomic mass is 35.5. The molecular weight excluding hydrogens is 287 g/mol. The number of carboxylic acid groups (broad SMARTS) is 1. The molecular formula is C13H8ClFN2O3. The Morgan fingerprint density at radius 3 is 2.65 bits per heavy atom. The molecule has 20 heavy (non-hydrogen) atoms. The van der Waals surface area contributed by atoms with Gasteiger partial charge in [-0.3, -0.25) is 9.78 Å². The van der Waals surface area contributed by atoms with Crippen molar-refractivity contribution in [3.05, 3.63) is 58.6 Å². The van der Waals surface area contributed by atoms with E-state index >= 15 is 0 Å². The SMILES string of the molecule is O=C(O)c1cncc(NC(=O)c2ccc(Cl)cc2F)c1. The molecule has 0 saturated heterocycles. The lowest BCUT2D eigenvalue weighted by Crippen LogP contribution is -2.14. The summed E-state index contributed by atoms with van der Waals surface area (Å²) in [5, 5.41) is 11.3. The van der Waals surface area contributed by atoms with Gasteiger partial charge in [-0.05, 0) is 24.3 Å². The summed E-state index contributed by atoms with van der Waals surface area (Å²) in [7, 11) is 0. The fraction of sp³-hybridized carbons (Fsp3) is 0. The quantitative estimate of drug-likeness (QED) is 0.912. The van der Waals surface area contributed by atoms with Crippen LogP contribution >= 0.6 is 11.6 Å². The number of aromatic nitrogens is 1. The molecule has 0 aliphatic heterocycles. The van der Waals surface area contributed by atoms with Gasteiger partial charge in [0.05, 0.1) is 23.0 Å². The van der Waals surface area contributed by atoms with Crippen LogP contribution in [0, 0.1) is 5.82 Å². The highest BCUT2D eigenvalue weighted by molar-refractivity contribution is 6.30. The van der Waals surface area contributed by atoms with Gasteiger partial charge in [-0.2, -0.15) is 0 Å². The van der Waals surface area contributed by atoms with Gasteiger partial charge < -0.3 is 10.4 Å². The third-order valence-corrected chi connectivity index (χ3v) is 2.65. The molecule has 1 aromatic carbocycles. The summed E-state index contributed by atoms with van der Waals surface area (Å²) in [6.07, 6.45) is 2.40. The van der Waals surface area contributed by atoms with Crippen LogP contribution in [-0.2, 0) is 0 Å². The van der Waals surface area contributed by atoms with Crippen LogP contribution in [0.15, 0.2) is 36.7 Å². The van der Waals surface area contributed by atoms with Crippen LogP contribution in [0.4, 0.5) is 10.1 Å². The Kier molecular flexibility index (Phi) is 3.95. The van der Waals surface area contributed by atoms with Crippen molar-refractivity contribution in [2.45, 2.75) is 0 Å². The van der Waals surface area contributed by atoms with Crippen molar-refractivity contribution in [1.29, 1.82) is 0 Å². The molecule has 1 aromatic heterocycles. The number of hydrogen-bond donors (Lipinski definition) is 2. The van der Waals surface area contributed by atoms with E-state index in [0.29, 0.717) is 0 Å². The van der Waals surface area contributed by atoms with E-state index in [4.69, 9.17) is 16.7 Å². The molecule has 0 aliphatic rings. The first kappa shape index (κ1) is 14.0. The highest BCUT2D eigenvalue weighted by Gasteiger charge is 2.13. The third kappa shape index (κ3) is 3.10. The molecule has 0 unspecified atom stereocenters. The molecule has 0 spiro atoms. The highest BCUT2D eigenvalue weighted by Crippen LogP contribution is 2.16. The molecule has 0 atom stereocenters. The zero-order valence-corrected chi connectivity index (χ0v) is 10.7. The summed E-state index contributed by atoms with van der Waals surface area (Å²) in [5.74, 6) is -2.66. The number of nitrogens with zero attached hydrogens (tertiary/aromatic N) is 1. The van der Waals surface area contributed by atoms with Crippen LogP contribution in [-0.4, -0.2) is 22.0 Å². The number of benzene rings is 1. The Balaban J connectivity index is 2.23. The number of carboxylic acids is 1. The summed E-state index contributed by atoms with van der Waals surface area (Å²) in [4.78, 5) is 26.3. The second kappa shape index (κ2) is 5.66. The fourth-order valence-corrected chi connectivity index (χ4v) is 1.66. The van der Waals surface area contributed by atoms with Gasteiger partial charge in [-0.15, -0.1) is 0 Å². The maximum atomic E-state index is 13.6. The normalized spacial score (nSPS) is 10.1. The molecule has 1 heterocycles. The van der Waals surface area contributed by atoms with E-state index in [1.807, 2.05) is 0 Å². The number of halogens is 2. The number of carbonyl (C=O) groups excluding carboxylic acids is 1. The maximum absolute atomic E-state index is 13.6. The second-order valence-corrected chi connectivity index (χ2v) is 4.28. The summed E-state index contributed by atoms with van der Waals surface area (Å²) < 4.78 is 13.6. The Labute approximate surface area is 118 Å². The molecule has 7 heteroatoms. The Hall–Kier alpha value is -2.47. The second-order valence-electron chi connectivity index (χ2n) is 3.85. The minimum Gasteiger partial charge on any atom is -0.478 e. The molecule has 2 rings (SSSR count). The first-order valence-corrected chi connectivity index (χ1v) is 5.80. The number of aromatic carboxylic acids is 1. The summed E-state index contributed by atoms with van der Waals surface area (Å²) in [6.45, 7) is 0. The summed E-state index contributed by atoms with van der Waals surface area (Å²) in [6, 6.07) is 4.86. The lowest BCUT2D eigenvalue weighted by Gasteiger charge is -2.06. The average Bonchev–Trinajstić information content (AvgIpc) is 2.38. The molecule has 2 N–H and O–H groups in total. The minimum absolute atomic E-state index is 0.0839. The first-order chi connectivity index (χ1) is 9.47. The van der Waals surface area contributed by atoms with Crippen molar-refractivity contribution < 1.29 is 19.1 Å². The lowest BCUT2D eigenvalue weighted by molar-refractivity contribution is 0.0696. The minimum atomic E-state index is -1.17. The van der Waals surface area contributed by atoms with Crippen LogP contribution in [0.2, 0.25) is 5.02 Å². The fourth-order valence-electron chi connectivity index (χ4n) is 1.50. The van der Waals surface area contributed by atoms with Crippen LogP contribution in [0.25, 0.3) is 0 Å². The summed E-state index contributed by atoms with van der Waals surface area (Å²) >= 11 is 5.59. The van der Waals surface area contributed by atoms with Crippen molar-refractivity contribution in [2.24, 2.45) is 0 Å². The van der Waals surface area contributed by atoms with Crippen LogP contribution in [0.5, 0.6) is 0 Å². The number of amides is 1. The number of rotatable bonds is 3. The zero-order valence-electron chi connectivity index (χ0n) is 9.93. The molecule has 0 aliphatic carbocycles. The van der Waals surface area contributed by atoms with Gasteiger partial charge in [0, 0.05) is 11.2 Å². The van der Waals surface area contributed by atoms with Crippen LogP contribution in [0.3, 0.4) is 0 Å². The molecule has 2 aromatic rings. The van der Waals surface area contributed by atoms with Crippen molar-refractivity contribution >= 4 is 29.2 Å². The molecule has 0 bridgehead atoms. The van der Waals surface area contributed by atoms with Gasteiger partial charge in [0.15, 0.2) is 0 Å². The molecule has 5 nitrogen and oxygen atoms in total. The van der Waals surface area contributed by atoms with E-state index in [1.54, 1.807) is 0 Å². The molecule has 1 amide bonds. The number of nitrogens with one attached hydrogen (secondary N) is 1. The predicted molar refractivity (Wildman–Crippen MR) is 70.6 cm³/mol. The Bertz CT molecular complexity index is 691. The van der Waals surface area contributed by atoms with Crippen molar-refractivity contribution in [1.82, 2.24) is 4.98 Å². The van der Waals surface area contributed by atoms with E-state index < -0.39 is 17.7 Å². The van der Waals surface area contributed by atoms with Gasteiger partial charge in [0.25, 0.3) is 5.91 Å². The number of carbonyl (C=O) groups is 2. The first-order valence-electron chi connectivity index (χ1n) is 5.42. The topological polar surface area (TPSA) is 79.3 Å². The van der Waals surface area contributed by atoms with E-state index in [2.05, 4.69) is 10.3 Å². The third-order valence-electron chi connectivity index (χ3n) is 2.42. The standard InChI is InChI=1S/C13H8ClFN2O3/c14-8-1-2-10(11(15)4-8)12(18)17-9-3-7(13(19)20)5-16-6-9/h1-6H,(H,17,18)(H,19,20). The van der Waals surface area contributed by atoms with Crippen LogP contribution < -0.4 is 5.32 Å². The van der Waals surface area contributed by atoms with E-state index in [-0.39, 0.29) is 21.8 Å². The van der Waals surface area contributed by atoms with Crippen molar-refractivity contribution in [3.63, 3.8) is 0 Å². The van der Waals surface area contributed by atoms with Gasteiger partial charge in [0.2, 0.25) is 0 Å².